The van der Waals surface area contributed by atoms with Gasteiger partial charge < -0.3 is 15.0 Å². The zero-order chi connectivity index (χ0) is 20.2. The first-order valence-corrected chi connectivity index (χ1v) is 9.27. The van der Waals surface area contributed by atoms with E-state index in [2.05, 4.69) is 5.32 Å². The molecular formula is C24H20N2O3. The van der Waals surface area contributed by atoms with Crippen LogP contribution in [0.1, 0.15) is 21.5 Å². The molecule has 5 heteroatoms. The second-order valence-electron chi connectivity index (χ2n) is 6.69. The second kappa shape index (κ2) is 8.02. The fourth-order valence-corrected chi connectivity index (χ4v) is 3.26. The molecule has 0 unspecified atom stereocenters. The molecule has 0 fully saturated rings. The predicted octanol–water partition coefficient (Wildman–Crippen LogP) is 4.51. The summed E-state index contributed by atoms with van der Waals surface area (Å²) in [5.74, 6) is 0.546. The Kier molecular flexibility index (Phi) is 5.12. The Bertz CT molecular complexity index is 1070. The maximum absolute atomic E-state index is 12.6. The van der Waals surface area contributed by atoms with Crippen LogP contribution in [0.2, 0.25) is 0 Å². The number of nitrogens with one attached hydrogen (secondary N) is 1. The highest BCUT2D eigenvalue weighted by atomic mass is 16.5. The average Bonchev–Trinajstić information content (AvgIpc) is 3.10. The van der Waals surface area contributed by atoms with Crippen molar-refractivity contribution in [2.75, 3.05) is 17.3 Å². The van der Waals surface area contributed by atoms with Crippen LogP contribution in [0.3, 0.4) is 0 Å². The van der Waals surface area contributed by atoms with Gasteiger partial charge in [0, 0.05) is 23.0 Å². The monoisotopic (exact) mass is 384 g/mol. The number of hydrogen-bond donors (Lipinski definition) is 1. The molecule has 1 N–H and O–H groups in total. The molecule has 1 heterocycles. The van der Waals surface area contributed by atoms with Gasteiger partial charge in [0.05, 0.1) is 13.7 Å². The van der Waals surface area contributed by atoms with Crippen molar-refractivity contribution in [1.82, 2.24) is 0 Å². The third kappa shape index (κ3) is 4.04. The molecule has 0 aliphatic carbocycles. The minimum Gasteiger partial charge on any atom is -0.497 e. The smallest absolute Gasteiger partial charge is 0.258 e. The number of amides is 2. The minimum atomic E-state index is -0.224. The van der Waals surface area contributed by atoms with Gasteiger partial charge in [0.15, 0.2) is 0 Å². The van der Waals surface area contributed by atoms with Crippen molar-refractivity contribution >= 4 is 29.3 Å². The Morgan fingerprint density at radius 2 is 1.72 bits per heavy atom. The maximum Gasteiger partial charge on any atom is 0.258 e. The number of carbonyl (C=O) groups excluding carboxylic acids is 2. The van der Waals surface area contributed by atoms with Gasteiger partial charge in [-0.15, -0.1) is 0 Å². The summed E-state index contributed by atoms with van der Waals surface area (Å²) in [6.07, 6.45) is 3.22. The van der Waals surface area contributed by atoms with Crippen LogP contribution in [0.25, 0.3) is 6.08 Å². The quantitative estimate of drug-likeness (QED) is 0.659. The number of fused-ring (bicyclic) bond motifs is 1. The van der Waals surface area contributed by atoms with E-state index in [1.165, 1.54) is 6.08 Å². The molecule has 2 amide bonds. The van der Waals surface area contributed by atoms with Gasteiger partial charge in [-0.1, -0.05) is 30.3 Å². The summed E-state index contributed by atoms with van der Waals surface area (Å²) in [5, 5.41) is 2.83. The summed E-state index contributed by atoms with van der Waals surface area (Å²) in [4.78, 5) is 26.5. The lowest BCUT2D eigenvalue weighted by molar-refractivity contribution is -0.111. The highest BCUT2D eigenvalue weighted by Gasteiger charge is 2.27. The van der Waals surface area contributed by atoms with E-state index in [9.17, 15) is 9.59 Å². The largest absolute Gasteiger partial charge is 0.497 e. The zero-order valence-corrected chi connectivity index (χ0v) is 16.0. The number of benzene rings is 3. The molecule has 1 aliphatic heterocycles. The number of ether oxygens (including phenoxy) is 1. The van der Waals surface area contributed by atoms with Crippen molar-refractivity contribution in [2.24, 2.45) is 0 Å². The molecule has 144 valence electrons. The van der Waals surface area contributed by atoms with Crippen molar-refractivity contribution < 1.29 is 14.3 Å². The molecule has 0 saturated carbocycles. The number of anilines is 2. The van der Waals surface area contributed by atoms with Gasteiger partial charge in [0.1, 0.15) is 5.75 Å². The Morgan fingerprint density at radius 3 is 2.41 bits per heavy atom. The van der Waals surface area contributed by atoms with Crippen LogP contribution in [0.15, 0.2) is 78.9 Å². The normalized spacial score (nSPS) is 12.9. The van der Waals surface area contributed by atoms with Crippen LogP contribution < -0.4 is 15.0 Å². The van der Waals surface area contributed by atoms with Crippen LogP contribution in [-0.2, 0) is 11.3 Å². The number of hydrogen-bond acceptors (Lipinski definition) is 3. The van der Waals surface area contributed by atoms with E-state index >= 15 is 0 Å². The van der Waals surface area contributed by atoms with E-state index in [0.717, 1.165) is 28.1 Å². The van der Waals surface area contributed by atoms with Gasteiger partial charge in [-0.25, -0.2) is 0 Å². The fraction of sp³-hybridized carbons (Fsp3) is 0.0833. The highest BCUT2D eigenvalue weighted by Crippen LogP contribution is 2.28. The average molecular weight is 384 g/mol. The third-order valence-corrected chi connectivity index (χ3v) is 4.81. The van der Waals surface area contributed by atoms with Gasteiger partial charge in [-0.2, -0.15) is 0 Å². The standard InChI is InChI=1S/C24H20N2O3/c1-29-21-13-6-17(7-14-21)8-15-23(27)25-19-9-11-20(12-10-19)26-16-18-4-2-3-5-22(18)24(26)28/h2-15H,16H2,1H3,(H,25,27)/b15-8+. The molecule has 0 spiro atoms. The van der Waals surface area contributed by atoms with E-state index in [0.29, 0.717) is 12.2 Å². The Labute approximate surface area is 169 Å². The summed E-state index contributed by atoms with van der Waals surface area (Å²) >= 11 is 0. The molecule has 0 radical (unpaired) electrons. The maximum atomic E-state index is 12.6. The first-order chi connectivity index (χ1) is 14.1. The highest BCUT2D eigenvalue weighted by molar-refractivity contribution is 6.10. The number of nitrogens with zero attached hydrogens (tertiary/aromatic N) is 1. The molecule has 1 aliphatic rings. The van der Waals surface area contributed by atoms with E-state index < -0.39 is 0 Å². The van der Waals surface area contributed by atoms with Crippen LogP contribution in [0, 0.1) is 0 Å². The van der Waals surface area contributed by atoms with E-state index in [1.54, 1.807) is 30.2 Å². The molecule has 0 aromatic heterocycles. The molecule has 29 heavy (non-hydrogen) atoms. The molecule has 3 aromatic carbocycles. The summed E-state index contributed by atoms with van der Waals surface area (Å²) in [7, 11) is 1.61. The van der Waals surface area contributed by atoms with Crippen molar-refractivity contribution in [3.8, 4) is 5.75 Å². The van der Waals surface area contributed by atoms with Crippen LogP contribution >= 0.6 is 0 Å². The van der Waals surface area contributed by atoms with E-state index in [4.69, 9.17) is 4.74 Å². The van der Waals surface area contributed by atoms with Crippen molar-refractivity contribution in [2.45, 2.75) is 6.54 Å². The van der Waals surface area contributed by atoms with Gasteiger partial charge in [0.2, 0.25) is 5.91 Å². The Morgan fingerprint density at radius 1 is 1.00 bits per heavy atom. The minimum absolute atomic E-state index is 0.000175. The van der Waals surface area contributed by atoms with E-state index in [1.807, 2.05) is 60.7 Å². The summed E-state index contributed by atoms with van der Waals surface area (Å²) in [6.45, 7) is 0.561. The lowest BCUT2D eigenvalue weighted by Crippen LogP contribution is -2.22. The molecule has 4 rings (SSSR count). The van der Waals surface area contributed by atoms with Crippen molar-refractivity contribution in [3.63, 3.8) is 0 Å². The van der Waals surface area contributed by atoms with Gasteiger partial charge >= 0.3 is 0 Å². The first kappa shape index (κ1) is 18.5. The van der Waals surface area contributed by atoms with Gasteiger partial charge in [0.25, 0.3) is 5.91 Å². The number of methoxy groups -OCH3 is 1. The summed E-state index contributed by atoms with van der Waals surface area (Å²) in [5.41, 5.74) is 4.15. The summed E-state index contributed by atoms with van der Waals surface area (Å²) in [6, 6.07) is 22.3. The molecular weight excluding hydrogens is 364 g/mol. The lowest BCUT2D eigenvalue weighted by Gasteiger charge is -2.16. The topological polar surface area (TPSA) is 58.6 Å². The fourth-order valence-electron chi connectivity index (χ4n) is 3.26. The molecule has 0 atom stereocenters. The Hall–Kier alpha value is -3.86. The Balaban J connectivity index is 1.39. The van der Waals surface area contributed by atoms with Crippen LogP contribution in [0.4, 0.5) is 11.4 Å². The molecule has 5 nitrogen and oxygen atoms in total. The molecule has 3 aromatic rings. The predicted molar refractivity (Wildman–Crippen MR) is 114 cm³/mol. The number of rotatable bonds is 5. The van der Waals surface area contributed by atoms with Crippen molar-refractivity contribution in [3.05, 3.63) is 95.6 Å². The third-order valence-electron chi connectivity index (χ3n) is 4.81. The second-order valence-corrected chi connectivity index (χ2v) is 6.69. The lowest BCUT2D eigenvalue weighted by atomic mass is 10.1. The zero-order valence-electron chi connectivity index (χ0n) is 16.0. The van der Waals surface area contributed by atoms with Gasteiger partial charge in [-0.05, 0) is 59.7 Å². The van der Waals surface area contributed by atoms with Crippen LogP contribution in [-0.4, -0.2) is 18.9 Å². The van der Waals surface area contributed by atoms with Crippen LogP contribution in [0.5, 0.6) is 5.75 Å². The first-order valence-electron chi connectivity index (χ1n) is 9.27. The molecule has 0 saturated heterocycles. The number of carbonyl (C=O) groups is 2. The molecule has 0 bridgehead atoms. The van der Waals surface area contributed by atoms with Gasteiger partial charge in [-0.3, -0.25) is 9.59 Å². The van der Waals surface area contributed by atoms with E-state index in [-0.39, 0.29) is 11.8 Å². The summed E-state index contributed by atoms with van der Waals surface area (Å²) < 4.78 is 5.12. The SMILES string of the molecule is COc1ccc(/C=C/C(=O)Nc2ccc(N3Cc4ccccc4C3=O)cc2)cc1. The van der Waals surface area contributed by atoms with Crippen molar-refractivity contribution in [1.29, 1.82) is 0 Å².